The van der Waals surface area contributed by atoms with Crippen LogP contribution in [0.1, 0.15) is 25.8 Å². The molecule has 0 bridgehead atoms. The molecule has 1 amide bonds. The number of carbonyl (C=O) groups is 1. The molecule has 0 aliphatic rings. The standard InChI is InChI=1S/C14H21NO2/c1-3-11(2)14(17)15-10-13(16)9-12-7-5-4-6-8-12/h4-8,11,13,16H,3,9-10H2,1-2H3,(H,15,17)/t11-,13+/m0/s1. The molecule has 0 spiro atoms. The van der Waals surface area contributed by atoms with Crippen molar-refractivity contribution >= 4 is 5.91 Å². The van der Waals surface area contributed by atoms with Crippen LogP contribution in [0.15, 0.2) is 30.3 Å². The zero-order valence-corrected chi connectivity index (χ0v) is 10.5. The lowest BCUT2D eigenvalue weighted by atomic mass is 10.1. The van der Waals surface area contributed by atoms with E-state index in [1.54, 1.807) is 0 Å². The predicted molar refractivity (Wildman–Crippen MR) is 68.6 cm³/mol. The van der Waals surface area contributed by atoms with Crippen molar-refractivity contribution in [2.75, 3.05) is 6.54 Å². The van der Waals surface area contributed by atoms with Crippen LogP contribution in [0.2, 0.25) is 0 Å². The molecular formula is C14H21NO2. The molecule has 1 aromatic rings. The topological polar surface area (TPSA) is 49.3 Å². The fourth-order valence-corrected chi connectivity index (χ4v) is 1.54. The highest BCUT2D eigenvalue weighted by Crippen LogP contribution is 2.03. The molecule has 0 fully saturated rings. The Balaban J connectivity index is 2.31. The fraction of sp³-hybridized carbons (Fsp3) is 0.500. The number of hydrogen-bond acceptors (Lipinski definition) is 2. The summed E-state index contributed by atoms with van der Waals surface area (Å²) in [6, 6.07) is 9.78. The number of aliphatic hydroxyl groups is 1. The molecule has 0 aliphatic heterocycles. The summed E-state index contributed by atoms with van der Waals surface area (Å²) in [4.78, 5) is 11.5. The van der Waals surface area contributed by atoms with E-state index in [2.05, 4.69) is 5.32 Å². The van der Waals surface area contributed by atoms with E-state index in [0.717, 1.165) is 12.0 Å². The van der Waals surface area contributed by atoms with E-state index in [0.29, 0.717) is 13.0 Å². The summed E-state index contributed by atoms with van der Waals surface area (Å²) >= 11 is 0. The summed E-state index contributed by atoms with van der Waals surface area (Å²) in [6.07, 6.45) is 0.868. The first kappa shape index (κ1) is 13.7. The highest BCUT2D eigenvalue weighted by atomic mass is 16.3. The molecule has 2 atom stereocenters. The number of aliphatic hydroxyl groups excluding tert-OH is 1. The molecule has 0 aliphatic carbocycles. The van der Waals surface area contributed by atoms with E-state index >= 15 is 0 Å². The summed E-state index contributed by atoms with van der Waals surface area (Å²) in [5, 5.41) is 12.6. The largest absolute Gasteiger partial charge is 0.391 e. The van der Waals surface area contributed by atoms with E-state index < -0.39 is 6.10 Å². The van der Waals surface area contributed by atoms with Crippen LogP contribution in [-0.4, -0.2) is 23.7 Å². The molecule has 2 N–H and O–H groups in total. The van der Waals surface area contributed by atoms with Crippen LogP contribution in [0, 0.1) is 5.92 Å². The second-order valence-corrected chi connectivity index (χ2v) is 4.40. The van der Waals surface area contributed by atoms with Gasteiger partial charge in [0, 0.05) is 18.9 Å². The first-order valence-electron chi connectivity index (χ1n) is 6.13. The second kappa shape index (κ2) is 7.07. The monoisotopic (exact) mass is 235 g/mol. The molecule has 0 unspecified atom stereocenters. The second-order valence-electron chi connectivity index (χ2n) is 4.40. The third kappa shape index (κ3) is 5.00. The van der Waals surface area contributed by atoms with E-state index in [-0.39, 0.29) is 11.8 Å². The van der Waals surface area contributed by atoms with Crippen LogP contribution < -0.4 is 5.32 Å². The van der Waals surface area contributed by atoms with Crippen LogP contribution in [0.25, 0.3) is 0 Å². The van der Waals surface area contributed by atoms with Gasteiger partial charge in [0.2, 0.25) is 5.91 Å². The van der Waals surface area contributed by atoms with Gasteiger partial charge in [-0.15, -0.1) is 0 Å². The van der Waals surface area contributed by atoms with Crippen molar-refractivity contribution < 1.29 is 9.90 Å². The van der Waals surface area contributed by atoms with Gasteiger partial charge < -0.3 is 10.4 Å². The average Bonchev–Trinajstić information content (AvgIpc) is 2.36. The van der Waals surface area contributed by atoms with Crippen LogP contribution >= 0.6 is 0 Å². The van der Waals surface area contributed by atoms with Gasteiger partial charge in [-0.25, -0.2) is 0 Å². The maximum Gasteiger partial charge on any atom is 0.222 e. The van der Waals surface area contributed by atoms with Crippen molar-refractivity contribution in [1.29, 1.82) is 0 Å². The Morgan fingerprint density at radius 1 is 1.35 bits per heavy atom. The summed E-state index contributed by atoms with van der Waals surface area (Å²) in [6.45, 7) is 4.18. The zero-order valence-electron chi connectivity index (χ0n) is 10.5. The van der Waals surface area contributed by atoms with E-state index in [9.17, 15) is 9.90 Å². The van der Waals surface area contributed by atoms with Crippen LogP contribution in [0.4, 0.5) is 0 Å². The highest BCUT2D eigenvalue weighted by Gasteiger charge is 2.12. The maximum atomic E-state index is 11.5. The highest BCUT2D eigenvalue weighted by molar-refractivity contribution is 5.78. The average molecular weight is 235 g/mol. The lowest BCUT2D eigenvalue weighted by molar-refractivity contribution is -0.125. The number of benzene rings is 1. The minimum Gasteiger partial charge on any atom is -0.391 e. The van der Waals surface area contributed by atoms with Crippen molar-refractivity contribution in [3.8, 4) is 0 Å². The van der Waals surface area contributed by atoms with Gasteiger partial charge in [-0.05, 0) is 12.0 Å². The third-order valence-electron chi connectivity index (χ3n) is 2.89. The number of carbonyl (C=O) groups excluding carboxylic acids is 1. The van der Waals surface area contributed by atoms with Gasteiger partial charge in [-0.2, -0.15) is 0 Å². The van der Waals surface area contributed by atoms with Gasteiger partial charge in [-0.3, -0.25) is 4.79 Å². The van der Waals surface area contributed by atoms with Gasteiger partial charge in [-0.1, -0.05) is 44.2 Å². The Labute approximate surface area is 103 Å². The summed E-state index contributed by atoms with van der Waals surface area (Å²) in [7, 11) is 0. The molecule has 0 saturated heterocycles. The Hall–Kier alpha value is -1.35. The quantitative estimate of drug-likeness (QED) is 0.789. The fourth-order valence-electron chi connectivity index (χ4n) is 1.54. The molecule has 94 valence electrons. The van der Waals surface area contributed by atoms with Crippen LogP contribution in [-0.2, 0) is 11.2 Å². The Kier molecular flexibility index (Phi) is 5.70. The Morgan fingerprint density at radius 2 is 2.00 bits per heavy atom. The van der Waals surface area contributed by atoms with Gasteiger partial charge in [0.15, 0.2) is 0 Å². The molecule has 1 rings (SSSR count). The minimum atomic E-state index is -0.523. The maximum absolute atomic E-state index is 11.5. The lowest BCUT2D eigenvalue weighted by Crippen LogP contribution is -2.36. The normalized spacial score (nSPS) is 14.1. The van der Waals surface area contributed by atoms with Crippen molar-refractivity contribution in [2.24, 2.45) is 5.92 Å². The lowest BCUT2D eigenvalue weighted by Gasteiger charge is -2.14. The summed E-state index contributed by atoms with van der Waals surface area (Å²) in [5.41, 5.74) is 1.08. The van der Waals surface area contributed by atoms with Gasteiger partial charge in [0.25, 0.3) is 0 Å². The number of nitrogens with one attached hydrogen (secondary N) is 1. The first-order valence-corrected chi connectivity index (χ1v) is 6.13. The summed E-state index contributed by atoms with van der Waals surface area (Å²) in [5.74, 6) is 0.0264. The van der Waals surface area contributed by atoms with Crippen LogP contribution in [0.3, 0.4) is 0 Å². The van der Waals surface area contributed by atoms with Gasteiger partial charge in [0.1, 0.15) is 0 Å². The molecule has 0 radical (unpaired) electrons. The van der Waals surface area contributed by atoms with Gasteiger partial charge in [0.05, 0.1) is 6.10 Å². The Morgan fingerprint density at radius 3 is 2.59 bits per heavy atom. The number of rotatable bonds is 6. The summed E-state index contributed by atoms with van der Waals surface area (Å²) < 4.78 is 0. The third-order valence-corrected chi connectivity index (χ3v) is 2.89. The van der Waals surface area contributed by atoms with E-state index in [1.807, 2.05) is 44.2 Å². The minimum absolute atomic E-state index is 0.0129. The molecule has 3 heteroatoms. The Bertz CT molecular complexity index is 337. The van der Waals surface area contributed by atoms with Crippen LogP contribution in [0.5, 0.6) is 0 Å². The van der Waals surface area contributed by atoms with E-state index in [1.165, 1.54) is 0 Å². The van der Waals surface area contributed by atoms with Crippen molar-refractivity contribution in [1.82, 2.24) is 5.32 Å². The van der Waals surface area contributed by atoms with Crippen molar-refractivity contribution in [3.05, 3.63) is 35.9 Å². The number of hydrogen-bond donors (Lipinski definition) is 2. The molecular weight excluding hydrogens is 214 g/mol. The molecule has 17 heavy (non-hydrogen) atoms. The van der Waals surface area contributed by atoms with Crippen molar-refractivity contribution in [3.63, 3.8) is 0 Å². The molecule has 0 saturated carbocycles. The first-order chi connectivity index (χ1) is 8.13. The molecule has 3 nitrogen and oxygen atoms in total. The smallest absolute Gasteiger partial charge is 0.222 e. The van der Waals surface area contributed by atoms with Crippen molar-refractivity contribution in [2.45, 2.75) is 32.8 Å². The SMILES string of the molecule is CC[C@H](C)C(=O)NC[C@H](O)Cc1ccccc1. The zero-order chi connectivity index (χ0) is 12.7. The predicted octanol–water partition coefficient (Wildman–Crippen LogP) is 1.75. The number of amides is 1. The van der Waals surface area contributed by atoms with Gasteiger partial charge >= 0.3 is 0 Å². The van der Waals surface area contributed by atoms with E-state index in [4.69, 9.17) is 0 Å². The molecule has 1 aromatic carbocycles. The molecule has 0 aromatic heterocycles. The molecule has 0 heterocycles.